The summed E-state index contributed by atoms with van der Waals surface area (Å²) in [5.41, 5.74) is 0.595. The molecular formula is C12H14Br2ClNO. The number of carbonyl (C=O) groups excluding carboxylic acids is 1. The molecule has 2 nitrogen and oxygen atoms in total. The highest BCUT2D eigenvalue weighted by Crippen LogP contribution is 2.21. The molecule has 0 aliphatic heterocycles. The lowest BCUT2D eigenvalue weighted by Gasteiger charge is -2.14. The second-order valence-electron chi connectivity index (χ2n) is 4.09. The molecule has 0 bridgehead atoms. The number of amides is 1. The summed E-state index contributed by atoms with van der Waals surface area (Å²) in [6, 6.07) is 5.13. The molecule has 0 spiro atoms. The SMILES string of the molecule is CC(C)C(Br)CNC(=O)c1ccc(Cl)cc1Br. The average Bonchev–Trinajstić information content (AvgIpc) is 2.25. The van der Waals surface area contributed by atoms with Gasteiger partial charge in [-0.05, 0) is 40.0 Å². The monoisotopic (exact) mass is 381 g/mol. The van der Waals surface area contributed by atoms with E-state index in [-0.39, 0.29) is 10.7 Å². The average molecular weight is 384 g/mol. The second kappa shape index (κ2) is 6.76. The quantitative estimate of drug-likeness (QED) is 0.774. The third-order valence-corrected chi connectivity index (χ3v) is 4.63. The van der Waals surface area contributed by atoms with Crippen molar-refractivity contribution in [1.82, 2.24) is 5.32 Å². The van der Waals surface area contributed by atoms with Crippen LogP contribution in [0, 0.1) is 5.92 Å². The number of rotatable bonds is 4. The number of hydrogen-bond acceptors (Lipinski definition) is 1. The van der Waals surface area contributed by atoms with Gasteiger partial charge in [-0.15, -0.1) is 0 Å². The van der Waals surface area contributed by atoms with E-state index in [0.29, 0.717) is 27.5 Å². The van der Waals surface area contributed by atoms with Crippen LogP contribution in [-0.4, -0.2) is 17.3 Å². The number of hydrogen-bond donors (Lipinski definition) is 1. The van der Waals surface area contributed by atoms with Crippen molar-refractivity contribution < 1.29 is 4.79 Å². The summed E-state index contributed by atoms with van der Waals surface area (Å²) in [4.78, 5) is 12.2. The first-order chi connectivity index (χ1) is 7.91. The van der Waals surface area contributed by atoms with Crippen molar-refractivity contribution in [2.75, 3.05) is 6.54 Å². The van der Waals surface area contributed by atoms with Crippen molar-refractivity contribution >= 4 is 49.4 Å². The highest BCUT2D eigenvalue weighted by Gasteiger charge is 2.13. The molecule has 5 heteroatoms. The third-order valence-electron chi connectivity index (χ3n) is 2.36. The molecule has 1 aromatic carbocycles. The maximum atomic E-state index is 11.9. The van der Waals surface area contributed by atoms with Crippen LogP contribution in [0.15, 0.2) is 22.7 Å². The smallest absolute Gasteiger partial charge is 0.252 e. The summed E-state index contributed by atoms with van der Waals surface area (Å²) in [7, 11) is 0. The van der Waals surface area contributed by atoms with Gasteiger partial charge in [0.05, 0.1) is 5.56 Å². The van der Waals surface area contributed by atoms with Gasteiger partial charge in [0.2, 0.25) is 0 Å². The van der Waals surface area contributed by atoms with Gasteiger partial charge in [-0.1, -0.05) is 41.4 Å². The molecule has 1 unspecified atom stereocenters. The van der Waals surface area contributed by atoms with Crippen molar-refractivity contribution in [3.8, 4) is 0 Å². The van der Waals surface area contributed by atoms with Crippen LogP contribution in [0.3, 0.4) is 0 Å². The van der Waals surface area contributed by atoms with Crippen LogP contribution in [0.1, 0.15) is 24.2 Å². The van der Waals surface area contributed by atoms with Crippen molar-refractivity contribution in [3.05, 3.63) is 33.3 Å². The van der Waals surface area contributed by atoms with Crippen LogP contribution in [0.2, 0.25) is 5.02 Å². The molecule has 0 aliphatic carbocycles. The number of alkyl halides is 1. The number of nitrogens with one attached hydrogen (secondary N) is 1. The summed E-state index contributed by atoms with van der Waals surface area (Å²) in [6.45, 7) is 4.80. The second-order valence-corrected chi connectivity index (χ2v) is 6.56. The maximum absolute atomic E-state index is 11.9. The standard InChI is InChI=1S/C12H14Br2ClNO/c1-7(2)11(14)6-16-12(17)9-4-3-8(15)5-10(9)13/h3-5,7,11H,6H2,1-2H3,(H,16,17). The van der Waals surface area contributed by atoms with Crippen molar-refractivity contribution in [1.29, 1.82) is 0 Å². The molecule has 0 fully saturated rings. The Balaban J connectivity index is 2.64. The van der Waals surface area contributed by atoms with Gasteiger partial charge >= 0.3 is 0 Å². The number of carbonyl (C=O) groups is 1. The van der Waals surface area contributed by atoms with Crippen LogP contribution in [0.4, 0.5) is 0 Å². The lowest BCUT2D eigenvalue weighted by Crippen LogP contribution is -2.31. The van der Waals surface area contributed by atoms with E-state index in [9.17, 15) is 4.79 Å². The van der Waals surface area contributed by atoms with E-state index in [0.717, 1.165) is 0 Å². The van der Waals surface area contributed by atoms with E-state index in [2.05, 4.69) is 51.0 Å². The molecule has 0 radical (unpaired) electrons. The first-order valence-corrected chi connectivity index (χ1v) is 7.37. The zero-order chi connectivity index (χ0) is 13.0. The van der Waals surface area contributed by atoms with Crippen LogP contribution in [0.5, 0.6) is 0 Å². The predicted molar refractivity (Wildman–Crippen MR) is 79.0 cm³/mol. The molecule has 0 heterocycles. The van der Waals surface area contributed by atoms with Crippen LogP contribution in [0.25, 0.3) is 0 Å². The minimum atomic E-state index is -0.0985. The first-order valence-electron chi connectivity index (χ1n) is 5.29. The lowest BCUT2D eigenvalue weighted by atomic mass is 10.1. The van der Waals surface area contributed by atoms with E-state index in [1.807, 2.05) is 0 Å². The molecule has 1 aromatic rings. The third kappa shape index (κ3) is 4.60. The molecule has 1 N–H and O–H groups in total. The van der Waals surface area contributed by atoms with Gasteiger partial charge in [0.1, 0.15) is 0 Å². The Morgan fingerprint density at radius 2 is 2.12 bits per heavy atom. The molecule has 0 aliphatic rings. The molecule has 1 amide bonds. The fourth-order valence-electron chi connectivity index (χ4n) is 1.19. The van der Waals surface area contributed by atoms with E-state index < -0.39 is 0 Å². The Morgan fingerprint density at radius 3 is 2.65 bits per heavy atom. The van der Waals surface area contributed by atoms with Gasteiger partial charge in [-0.3, -0.25) is 4.79 Å². The van der Waals surface area contributed by atoms with Gasteiger partial charge < -0.3 is 5.32 Å². The minimum Gasteiger partial charge on any atom is -0.351 e. The lowest BCUT2D eigenvalue weighted by molar-refractivity contribution is 0.0952. The Labute approximate surface area is 123 Å². The van der Waals surface area contributed by atoms with E-state index in [1.54, 1.807) is 18.2 Å². The maximum Gasteiger partial charge on any atom is 0.252 e. The molecule has 0 saturated heterocycles. The summed E-state index contributed by atoms with van der Waals surface area (Å²) in [5, 5.41) is 3.49. The van der Waals surface area contributed by atoms with Crippen molar-refractivity contribution in [2.45, 2.75) is 18.7 Å². The van der Waals surface area contributed by atoms with Gasteiger partial charge in [0.15, 0.2) is 0 Å². The summed E-state index contributed by atoms with van der Waals surface area (Å²) < 4.78 is 0.707. The summed E-state index contributed by atoms with van der Waals surface area (Å²) in [6.07, 6.45) is 0. The van der Waals surface area contributed by atoms with Gasteiger partial charge in [-0.2, -0.15) is 0 Å². The Morgan fingerprint density at radius 1 is 1.47 bits per heavy atom. The van der Waals surface area contributed by atoms with Crippen molar-refractivity contribution in [2.24, 2.45) is 5.92 Å². The van der Waals surface area contributed by atoms with Gasteiger partial charge in [0.25, 0.3) is 5.91 Å². The molecular weight excluding hydrogens is 369 g/mol. The number of benzene rings is 1. The zero-order valence-corrected chi connectivity index (χ0v) is 13.6. The van der Waals surface area contributed by atoms with Gasteiger partial charge in [-0.25, -0.2) is 0 Å². The predicted octanol–water partition coefficient (Wildman–Crippen LogP) is 4.25. The topological polar surface area (TPSA) is 29.1 Å². The van der Waals surface area contributed by atoms with E-state index in [4.69, 9.17) is 11.6 Å². The Kier molecular flexibility index (Phi) is 5.97. The fraction of sp³-hybridized carbons (Fsp3) is 0.417. The molecule has 94 valence electrons. The Hall–Kier alpha value is -0.0600. The van der Waals surface area contributed by atoms with Crippen molar-refractivity contribution in [3.63, 3.8) is 0 Å². The first kappa shape index (κ1) is 15.0. The molecule has 1 rings (SSSR count). The van der Waals surface area contributed by atoms with Crippen LogP contribution < -0.4 is 5.32 Å². The normalized spacial score (nSPS) is 12.6. The fourth-order valence-corrected chi connectivity index (χ4v) is 2.22. The Bertz CT molecular complexity index is 409. The molecule has 17 heavy (non-hydrogen) atoms. The van der Waals surface area contributed by atoms with E-state index in [1.165, 1.54) is 0 Å². The molecule has 0 saturated carbocycles. The largest absolute Gasteiger partial charge is 0.351 e. The highest BCUT2D eigenvalue weighted by molar-refractivity contribution is 9.10. The van der Waals surface area contributed by atoms with Crippen LogP contribution in [-0.2, 0) is 0 Å². The zero-order valence-electron chi connectivity index (χ0n) is 9.64. The van der Waals surface area contributed by atoms with E-state index >= 15 is 0 Å². The van der Waals surface area contributed by atoms with Gasteiger partial charge in [0, 0.05) is 20.9 Å². The molecule has 0 aromatic heterocycles. The summed E-state index contributed by atoms with van der Waals surface area (Å²) >= 11 is 12.7. The molecule has 1 atom stereocenters. The summed E-state index contributed by atoms with van der Waals surface area (Å²) in [5.74, 6) is 0.377. The van der Waals surface area contributed by atoms with Crippen LogP contribution >= 0.6 is 43.5 Å². The number of halogens is 3. The minimum absolute atomic E-state index is 0.0985. The highest BCUT2D eigenvalue weighted by atomic mass is 79.9.